The van der Waals surface area contributed by atoms with Crippen molar-refractivity contribution in [1.82, 2.24) is 9.97 Å². The predicted molar refractivity (Wildman–Crippen MR) is 99.8 cm³/mol. The van der Waals surface area contributed by atoms with Gasteiger partial charge in [0.15, 0.2) is 5.13 Å². The number of carbonyl (C=O) groups is 1. The van der Waals surface area contributed by atoms with Crippen LogP contribution in [0.4, 0.5) is 9.52 Å². The highest BCUT2D eigenvalue weighted by Gasteiger charge is 2.17. The average Bonchev–Trinajstić information content (AvgIpc) is 3.21. The van der Waals surface area contributed by atoms with Crippen LogP contribution in [0, 0.1) is 12.7 Å². The summed E-state index contributed by atoms with van der Waals surface area (Å²) in [6.07, 6.45) is 3.43. The minimum Gasteiger partial charge on any atom is -0.297 e. The molecule has 25 heavy (non-hydrogen) atoms. The van der Waals surface area contributed by atoms with Crippen molar-refractivity contribution in [2.24, 2.45) is 0 Å². The zero-order valence-corrected chi connectivity index (χ0v) is 14.7. The van der Waals surface area contributed by atoms with Crippen molar-refractivity contribution in [2.75, 3.05) is 5.32 Å². The summed E-state index contributed by atoms with van der Waals surface area (Å²) in [5.74, 6) is -0.535. The molecule has 0 radical (unpaired) electrons. The molecule has 0 unspecified atom stereocenters. The first-order valence-electron chi connectivity index (χ1n) is 7.48. The van der Waals surface area contributed by atoms with Gasteiger partial charge in [0, 0.05) is 28.0 Å². The molecule has 1 aromatic carbocycles. The number of nitrogens with zero attached hydrogens (tertiary/aromatic N) is 2. The summed E-state index contributed by atoms with van der Waals surface area (Å²) in [4.78, 5) is 21.7. The first-order valence-corrected chi connectivity index (χ1v) is 9.17. The molecular weight excluding hydrogens is 357 g/mol. The molecule has 7 heteroatoms. The number of fused-ring (bicyclic) bond motifs is 1. The van der Waals surface area contributed by atoms with E-state index in [0.29, 0.717) is 10.0 Å². The molecular formula is C18H12FN3OS2. The fourth-order valence-corrected chi connectivity index (χ4v) is 4.34. The van der Waals surface area contributed by atoms with Crippen molar-refractivity contribution in [3.05, 3.63) is 64.4 Å². The molecule has 0 aliphatic carbocycles. The number of amides is 1. The number of thiazole rings is 1. The van der Waals surface area contributed by atoms with Gasteiger partial charge in [0.25, 0.3) is 5.91 Å². The maximum Gasteiger partial charge on any atom is 0.267 e. The zero-order valence-electron chi connectivity index (χ0n) is 13.1. The van der Waals surface area contributed by atoms with Gasteiger partial charge in [-0.25, -0.2) is 9.37 Å². The molecule has 0 aliphatic heterocycles. The number of aryl methyl sites for hydroxylation is 1. The lowest BCUT2D eigenvalue weighted by Crippen LogP contribution is -2.11. The number of aromatic nitrogens is 2. The molecule has 124 valence electrons. The van der Waals surface area contributed by atoms with Crippen LogP contribution in [0.5, 0.6) is 0 Å². The monoisotopic (exact) mass is 369 g/mol. The van der Waals surface area contributed by atoms with Gasteiger partial charge in [-0.2, -0.15) is 0 Å². The van der Waals surface area contributed by atoms with Crippen molar-refractivity contribution in [2.45, 2.75) is 6.92 Å². The van der Waals surface area contributed by atoms with Crippen molar-refractivity contribution >= 4 is 43.8 Å². The molecule has 4 nitrogen and oxygen atoms in total. The highest BCUT2D eigenvalue weighted by molar-refractivity contribution is 7.21. The number of carbonyl (C=O) groups excluding carboxylic acids is 1. The molecule has 0 saturated heterocycles. The van der Waals surface area contributed by atoms with Crippen LogP contribution in [0.2, 0.25) is 0 Å². The SMILES string of the molecule is Cc1c(C(=O)Nc2nc(-c3cccnc3)cs2)sc2ccc(F)cc12. The molecule has 0 saturated carbocycles. The Bertz CT molecular complexity index is 1070. The Kier molecular flexibility index (Phi) is 4.03. The number of thiophene rings is 1. The van der Waals surface area contributed by atoms with Gasteiger partial charge in [-0.05, 0) is 48.2 Å². The summed E-state index contributed by atoms with van der Waals surface area (Å²) in [5, 5.41) is 5.99. The largest absolute Gasteiger partial charge is 0.297 e. The third kappa shape index (κ3) is 3.04. The van der Waals surface area contributed by atoms with Crippen LogP contribution in [-0.4, -0.2) is 15.9 Å². The summed E-state index contributed by atoms with van der Waals surface area (Å²) in [7, 11) is 0. The van der Waals surface area contributed by atoms with E-state index in [1.807, 2.05) is 24.4 Å². The number of hydrogen-bond acceptors (Lipinski definition) is 5. The number of halogens is 1. The number of nitrogens with one attached hydrogen (secondary N) is 1. The second-order valence-electron chi connectivity index (χ2n) is 5.43. The highest BCUT2D eigenvalue weighted by Crippen LogP contribution is 2.32. The van der Waals surface area contributed by atoms with Crippen molar-refractivity contribution in [3.63, 3.8) is 0 Å². The van der Waals surface area contributed by atoms with E-state index in [2.05, 4.69) is 15.3 Å². The topological polar surface area (TPSA) is 54.9 Å². The zero-order chi connectivity index (χ0) is 17.4. The normalized spacial score (nSPS) is 11.0. The van der Waals surface area contributed by atoms with Gasteiger partial charge in [0.1, 0.15) is 5.82 Å². The summed E-state index contributed by atoms with van der Waals surface area (Å²) in [6, 6.07) is 8.32. The van der Waals surface area contributed by atoms with Crippen molar-refractivity contribution < 1.29 is 9.18 Å². The molecule has 3 heterocycles. The smallest absolute Gasteiger partial charge is 0.267 e. The van der Waals surface area contributed by atoms with E-state index < -0.39 is 0 Å². The predicted octanol–water partition coefficient (Wildman–Crippen LogP) is 5.12. The van der Waals surface area contributed by atoms with Crippen LogP contribution in [0.1, 0.15) is 15.2 Å². The van der Waals surface area contributed by atoms with Crippen LogP contribution in [0.25, 0.3) is 21.3 Å². The second kappa shape index (κ2) is 6.34. The Balaban J connectivity index is 1.61. The minimum atomic E-state index is -0.304. The quantitative estimate of drug-likeness (QED) is 0.545. The average molecular weight is 369 g/mol. The first-order chi connectivity index (χ1) is 12.1. The molecule has 3 aromatic heterocycles. The molecule has 1 N–H and O–H groups in total. The number of rotatable bonds is 3. The van der Waals surface area contributed by atoms with E-state index in [1.54, 1.807) is 18.5 Å². The van der Waals surface area contributed by atoms with Crippen LogP contribution in [0.3, 0.4) is 0 Å². The summed E-state index contributed by atoms with van der Waals surface area (Å²) < 4.78 is 14.3. The lowest BCUT2D eigenvalue weighted by atomic mass is 10.1. The fraction of sp³-hybridized carbons (Fsp3) is 0.0556. The molecule has 0 aliphatic rings. The van der Waals surface area contributed by atoms with Gasteiger partial charge < -0.3 is 0 Å². The summed E-state index contributed by atoms with van der Waals surface area (Å²) in [6.45, 7) is 1.83. The van der Waals surface area contributed by atoms with Gasteiger partial charge >= 0.3 is 0 Å². The lowest BCUT2D eigenvalue weighted by molar-refractivity contribution is 0.103. The van der Waals surface area contributed by atoms with Crippen LogP contribution in [0.15, 0.2) is 48.1 Å². The second-order valence-corrected chi connectivity index (χ2v) is 7.34. The van der Waals surface area contributed by atoms with Gasteiger partial charge in [-0.3, -0.25) is 15.1 Å². The summed E-state index contributed by atoms with van der Waals surface area (Å²) >= 11 is 2.71. The third-order valence-corrected chi connectivity index (χ3v) is 5.82. The van der Waals surface area contributed by atoms with E-state index in [0.717, 1.165) is 26.9 Å². The van der Waals surface area contributed by atoms with E-state index >= 15 is 0 Å². The Morgan fingerprint density at radius 3 is 2.96 bits per heavy atom. The standard InChI is InChI=1S/C18H12FN3OS2/c1-10-13-7-12(19)4-5-15(13)25-16(10)17(23)22-18-21-14(9-24-18)11-3-2-6-20-8-11/h2-9H,1H3,(H,21,22,23). The summed E-state index contributed by atoms with van der Waals surface area (Å²) in [5.41, 5.74) is 2.44. The maximum atomic E-state index is 13.4. The Morgan fingerprint density at radius 2 is 2.16 bits per heavy atom. The molecule has 4 aromatic rings. The van der Waals surface area contributed by atoms with Crippen molar-refractivity contribution in [1.29, 1.82) is 0 Å². The molecule has 0 bridgehead atoms. The number of benzene rings is 1. The first kappa shape index (κ1) is 15.9. The maximum absolute atomic E-state index is 13.4. The Hall–Kier alpha value is -2.64. The molecule has 0 fully saturated rings. The fourth-order valence-electron chi connectivity index (χ4n) is 2.54. The van der Waals surface area contributed by atoms with Crippen molar-refractivity contribution in [3.8, 4) is 11.3 Å². The van der Waals surface area contributed by atoms with E-state index in [1.165, 1.54) is 34.8 Å². The van der Waals surface area contributed by atoms with E-state index in [4.69, 9.17) is 0 Å². The number of hydrogen-bond donors (Lipinski definition) is 1. The molecule has 4 rings (SSSR count). The minimum absolute atomic E-state index is 0.230. The van der Waals surface area contributed by atoms with Gasteiger partial charge in [-0.15, -0.1) is 22.7 Å². The van der Waals surface area contributed by atoms with Gasteiger partial charge in [-0.1, -0.05) is 0 Å². The molecule has 1 amide bonds. The van der Waals surface area contributed by atoms with Gasteiger partial charge in [0.05, 0.1) is 10.6 Å². The van der Waals surface area contributed by atoms with E-state index in [9.17, 15) is 9.18 Å². The van der Waals surface area contributed by atoms with E-state index in [-0.39, 0.29) is 11.7 Å². The molecule has 0 spiro atoms. The number of anilines is 1. The third-order valence-electron chi connectivity index (χ3n) is 3.79. The van der Waals surface area contributed by atoms with Crippen LogP contribution >= 0.6 is 22.7 Å². The van der Waals surface area contributed by atoms with Gasteiger partial charge in [0.2, 0.25) is 0 Å². The lowest BCUT2D eigenvalue weighted by Gasteiger charge is -2.00. The Labute approximate surface area is 151 Å². The molecule has 0 atom stereocenters. The number of pyridine rings is 1. The Morgan fingerprint density at radius 1 is 1.28 bits per heavy atom. The van der Waals surface area contributed by atoms with Crippen LogP contribution < -0.4 is 5.32 Å². The highest BCUT2D eigenvalue weighted by atomic mass is 32.1. The van der Waals surface area contributed by atoms with Crippen LogP contribution in [-0.2, 0) is 0 Å².